The molecule has 5 N–H and O–H groups in total. The molecule has 8 heteroatoms. The van der Waals surface area contributed by atoms with Gasteiger partial charge in [-0.3, -0.25) is 5.10 Å². The molecule has 1 fully saturated rings. The number of phenolic OH excluding ortho intramolecular Hbond substituents is 1. The highest BCUT2D eigenvalue weighted by Gasteiger charge is 2.08. The van der Waals surface area contributed by atoms with Crippen molar-refractivity contribution in [3.8, 4) is 17.2 Å². The number of benzene rings is 2. The summed E-state index contributed by atoms with van der Waals surface area (Å²) >= 11 is 0. The first-order valence-corrected chi connectivity index (χ1v) is 11.3. The van der Waals surface area contributed by atoms with E-state index >= 15 is 0 Å². The molecule has 0 aliphatic heterocycles. The zero-order valence-electron chi connectivity index (χ0n) is 19.0. The summed E-state index contributed by atoms with van der Waals surface area (Å²) in [5.41, 5.74) is 7.96. The highest BCUT2D eigenvalue weighted by Crippen LogP contribution is 2.34. The van der Waals surface area contributed by atoms with Gasteiger partial charge in [-0.2, -0.15) is 10.1 Å². The fourth-order valence-electron chi connectivity index (χ4n) is 3.90. The number of H-pyrrole nitrogens is 1. The Balaban J connectivity index is 0.000000318. The van der Waals surface area contributed by atoms with Gasteiger partial charge in [-0.15, -0.1) is 0 Å². The van der Waals surface area contributed by atoms with E-state index in [1.54, 1.807) is 36.5 Å². The molecule has 0 unspecified atom stereocenters. The molecule has 172 valence electrons. The Kier molecular flexibility index (Phi) is 6.92. The zero-order chi connectivity index (χ0) is 23.2. The van der Waals surface area contributed by atoms with Crippen molar-refractivity contribution in [1.29, 1.82) is 0 Å². The van der Waals surface area contributed by atoms with Crippen molar-refractivity contribution in [3.05, 3.63) is 54.4 Å². The van der Waals surface area contributed by atoms with Gasteiger partial charge in [0.15, 0.2) is 11.5 Å². The molecule has 5 rings (SSSR count). The first kappa shape index (κ1) is 22.4. The van der Waals surface area contributed by atoms with Crippen molar-refractivity contribution in [1.82, 2.24) is 20.2 Å². The second-order valence-electron chi connectivity index (χ2n) is 8.52. The summed E-state index contributed by atoms with van der Waals surface area (Å²) in [5.74, 6) is 2.72. The van der Waals surface area contributed by atoms with Crippen LogP contribution in [0.2, 0.25) is 0 Å². The summed E-state index contributed by atoms with van der Waals surface area (Å²) in [6.07, 6.45) is 9.15. The van der Waals surface area contributed by atoms with Crippen LogP contribution in [0, 0.1) is 12.8 Å². The van der Waals surface area contributed by atoms with Gasteiger partial charge in [-0.25, -0.2) is 4.98 Å². The SMILES string of the molecule is CC1CCCCC1.Cc1cc(Nc2ccc(Oc3ccc4[nH]ncc4c3)c(O)c2)nc(N)n1. The van der Waals surface area contributed by atoms with E-state index in [2.05, 4.69) is 32.4 Å². The number of ether oxygens (including phenoxy) is 1. The fraction of sp³-hybridized carbons (Fsp3) is 0.320. The number of hydrogen-bond donors (Lipinski definition) is 4. The number of aryl methyl sites for hydroxylation is 1. The minimum absolute atomic E-state index is 0.000963. The highest BCUT2D eigenvalue weighted by molar-refractivity contribution is 5.79. The van der Waals surface area contributed by atoms with E-state index in [9.17, 15) is 5.11 Å². The van der Waals surface area contributed by atoms with Crippen molar-refractivity contribution >= 4 is 28.4 Å². The second-order valence-corrected chi connectivity index (χ2v) is 8.52. The lowest BCUT2D eigenvalue weighted by Crippen LogP contribution is -2.01. The average molecular weight is 447 g/mol. The van der Waals surface area contributed by atoms with Gasteiger partial charge < -0.3 is 20.9 Å². The number of nitrogens with one attached hydrogen (secondary N) is 2. The van der Waals surface area contributed by atoms with E-state index < -0.39 is 0 Å². The van der Waals surface area contributed by atoms with Crippen LogP contribution in [-0.4, -0.2) is 25.3 Å². The van der Waals surface area contributed by atoms with Gasteiger partial charge in [-0.1, -0.05) is 39.0 Å². The Morgan fingerprint density at radius 2 is 1.88 bits per heavy atom. The van der Waals surface area contributed by atoms with Gasteiger partial charge in [-0.05, 0) is 43.2 Å². The average Bonchev–Trinajstić information content (AvgIpc) is 3.24. The summed E-state index contributed by atoms with van der Waals surface area (Å²) < 4.78 is 5.76. The molecule has 1 aliphatic carbocycles. The predicted molar refractivity (Wildman–Crippen MR) is 131 cm³/mol. The van der Waals surface area contributed by atoms with E-state index in [-0.39, 0.29) is 11.7 Å². The molecule has 1 aliphatic rings. The van der Waals surface area contributed by atoms with Crippen LogP contribution in [-0.2, 0) is 0 Å². The molecule has 33 heavy (non-hydrogen) atoms. The molecule has 0 radical (unpaired) electrons. The number of aromatic hydroxyl groups is 1. The number of nitrogens with two attached hydrogens (primary N) is 1. The Hall–Kier alpha value is -3.81. The quantitative estimate of drug-likeness (QED) is 0.300. The predicted octanol–water partition coefficient (Wildman–Crippen LogP) is 6.07. The summed E-state index contributed by atoms with van der Waals surface area (Å²) in [6.45, 7) is 4.19. The molecular formula is C25H30N6O2. The summed E-state index contributed by atoms with van der Waals surface area (Å²) in [5, 5.41) is 21.1. The highest BCUT2D eigenvalue weighted by atomic mass is 16.5. The Bertz CT molecular complexity index is 1200. The molecule has 0 spiro atoms. The third-order valence-corrected chi connectivity index (χ3v) is 5.64. The third-order valence-electron chi connectivity index (χ3n) is 5.64. The molecule has 2 heterocycles. The molecule has 0 atom stereocenters. The summed E-state index contributed by atoms with van der Waals surface area (Å²) in [7, 11) is 0. The van der Waals surface area contributed by atoms with Crippen LogP contribution in [0.25, 0.3) is 10.9 Å². The van der Waals surface area contributed by atoms with Gasteiger partial charge >= 0.3 is 0 Å². The molecule has 8 nitrogen and oxygen atoms in total. The van der Waals surface area contributed by atoms with E-state index in [0.717, 1.165) is 22.5 Å². The van der Waals surface area contributed by atoms with Crippen LogP contribution in [0.5, 0.6) is 17.2 Å². The number of aromatic nitrogens is 4. The second kappa shape index (κ2) is 10.2. The molecule has 0 bridgehead atoms. The van der Waals surface area contributed by atoms with Crippen molar-refractivity contribution in [2.24, 2.45) is 5.92 Å². The minimum Gasteiger partial charge on any atom is -0.504 e. The number of aromatic amines is 1. The number of nitrogen functional groups attached to an aromatic ring is 1. The fourth-order valence-corrected chi connectivity index (χ4v) is 3.90. The Labute approximate surface area is 193 Å². The van der Waals surface area contributed by atoms with E-state index in [4.69, 9.17) is 10.5 Å². The van der Waals surface area contributed by atoms with Crippen LogP contribution in [0.15, 0.2) is 48.7 Å². The van der Waals surface area contributed by atoms with Gasteiger partial charge in [0.1, 0.15) is 11.6 Å². The standard InChI is InChI=1S/C18H16N6O2.C7H14/c1-10-6-17(23-18(19)21-10)22-12-2-5-16(15(25)8-12)26-13-3-4-14-11(7-13)9-20-24-14;1-7-5-3-2-4-6-7/h2-9,25H,1H3,(H,20,24)(H3,19,21,22,23);7H,2-6H2,1H3. The number of nitrogens with zero attached hydrogens (tertiary/aromatic N) is 3. The maximum absolute atomic E-state index is 10.3. The molecule has 4 aromatic rings. The number of hydrogen-bond acceptors (Lipinski definition) is 7. The maximum Gasteiger partial charge on any atom is 0.222 e. The topological polar surface area (TPSA) is 122 Å². The first-order chi connectivity index (χ1) is 16.0. The Morgan fingerprint density at radius 3 is 2.58 bits per heavy atom. The normalized spacial score (nSPS) is 13.9. The van der Waals surface area contributed by atoms with Gasteiger partial charge in [0, 0.05) is 28.9 Å². The van der Waals surface area contributed by atoms with Gasteiger partial charge in [0.05, 0.1) is 11.7 Å². The number of phenols is 1. The van der Waals surface area contributed by atoms with Gasteiger partial charge in [0.25, 0.3) is 0 Å². The minimum atomic E-state index is 0.000963. The lowest BCUT2D eigenvalue weighted by Gasteiger charge is -2.15. The molecule has 1 saturated carbocycles. The first-order valence-electron chi connectivity index (χ1n) is 11.3. The van der Waals surface area contributed by atoms with Crippen LogP contribution in [0.4, 0.5) is 17.5 Å². The van der Waals surface area contributed by atoms with E-state index in [1.165, 1.54) is 32.1 Å². The van der Waals surface area contributed by atoms with E-state index in [1.807, 2.05) is 19.1 Å². The molecule has 0 saturated heterocycles. The monoisotopic (exact) mass is 446 g/mol. The van der Waals surface area contributed by atoms with Crippen molar-refractivity contribution in [2.75, 3.05) is 11.1 Å². The third kappa shape index (κ3) is 6.12. The van der Waals surface area contributed by atoms with Gasteiger partial charge in [0.2, 0.25) is 5.95 Å². The lowest BCUT2D eigenvalue weighted by atomic mass is 9.91. The van der Waals surface area contributed by atoms with Crippen LogP contribution >= 0.6 is 0 Å². The van der Waals surface area contributed by atoms with E-state index in [0.29, 0.717) is 23.0 Å². The molecule has 2 aromatic carbocycles. The number of fused-ring (bicyclic) bond motifs is 1. The molecule has 2 aromatic heterocycles. The van der Waals surface area contributed by atoms with Crippen molar-refractivity contribution in [2.45, 2.75) is 46.0 Å². The smallest absolute Gasteiger partial charge is 0.222 e. The number of rotatable bonds is 4. The van der Waals surface area contributed by atoms with Crippen molar-refractivity contribution in [3.63, 3.8) is 0 Å². The lowest BCUT2D eigenvalue weighted by molar-refractivity contribution is 0.385. The molecule has 0 amide bonds. The number of anilines is 3. The largest absolute Gasteiger partial charge is 0.504 e. The van der Waals surface area contributed by atoms with Crippen molar-refractivity contribution < 1.29 is 9.84 Å². The Morgan fingerprint density at radius 1 is 1.06 bits per heavy atom. The van der Waals surface area contributed by atoms with Crippen LogP contribution < -0.4 is 15.8 Å². The van der Waals surface area contributed by atoms with Crippen LogP contribution in [0.3, 0.4) is 0 Å². The maximum atomic E-state index is 10.3. The zero-order valence-corrected chi connectivity index (χ0v) is 19.0. The molecular weight excluding hydrogens is 416 g/mol. The summed E-state index contributed by atoms with van der Waals surface area (Å²) in [6, 6.07) is 12.3. The van der Waals surface area contributed by atoms with Crippen LogP contribution in [0.1, 0.15) is 44.7 Å². The summed E-state index contributed by atoms with van der Waals surface area (Å²) in [4.78, 5) is 8.13.